The molecule has 0 bridgehead atoms. The minimum Gasteiger partial charge on any atom is -0.502 e. The second-order valence-corrected chi connectivity index (χ2v) is 7.17. The third-order valence-corrected chi connectivity index (χ3v) is 4.33. The summed E-state index contributed by atoms with van der Waals surface area (Å²) in [6.07, 6.45) is 0.889. The van der Waals surface area contributed by atoms with Crippen LogP contribution in [0, 0.1) is 6.57 Å². The molecule has 0 saturated heterocycles. The lowest BCUT2D eigenvalue weighted by Gasteiger charge is -2.11. The fourth-order valence-electron chi connectivity index (χ4n) is 2.89. The fourth-order valence-corrected chi connectivity index (χ4v) is 2.89. The first-order valence-corrected chi connectivity index (χ1v) is 10.4. The predicted octanol–water partition coefficient (Wildman–Crippen LogP) is 5.46. The molecule has 0 aliphatic rings. The first kappa shape index (κ1) is 22.8. The van der Waals surface area contributed by atoms with E-state index in [1.807, 2.05) is 38.1 Å². The lowest BCUT2D eigenvalue weighted by Crippen LogP contribution is -2.06. The Morgan fingerprint density at radius 1 is 1.16 bits per heavy atom. The summed E-state index contributed by atoms with van der Waals surface area (Å²) in [7, 11) is 0. The van der Waals surface area contributed by atoms with Crippen molar-refractivity contribution in [2.75, 3.05) is 13.2 Å². The maximum atomic E-state index is 11.3. The van der Waals surface area contributed by atoms with Crippen molar-refractivity contribution in [3.05, 3.63) is 53.9 Å². The monoisotopic (exact) mass is 435 g/mol. The number of rotatable bonds is 10. The van der Waals surface area contributed by atoms with Gasteiger partial charge in [0.15, 0.2) is 0 Å². The predicted molar refractivity (Wildman–Crippen MR) is 119 cm³/mol. The van der Waals surface area contributed by atoms with Gasteiger partial charge in [-0.1, -0.05) is 5.16 Å². The van der Waals surface area contributed by atoms with E-state index in [9.17, 15) is 4.79 Å². The number of esters is 1. The maximum Gasteiger partial charge on any atom is 0.305 e. The second-order valence-electron chi connectivity index (χ2n) is 7.17. The third-order valence-electron chi connectivity index (χ3n) is 4.33. The van der Waals surface area contributed by atoms with Crippen LogP contribution in [-0.4, -0.2) is 35.4 Å². The van der Waals surface area contributed by atoms with Gasteiger partial charge < -0.3 is 18.7 Å². The molecule has 0 fully saturated rings. The lowest BCUT2D eigenvalue weighted by molar-refractivity contribution is -0.143. The number of carbonyl (C=O) groups excluding carboxylic acids is 1. The summed E-state index contributed by atoms with van der Waals surface area (Å²) >= 11 is 0. The fraction of sp³-hybridized carbons (Fsp3) is 0.333. The van der Waals surface area contributed by atoms with E-state index in [0.29, 0.717) is 60.5 Å². The average molecular weight is 435 g/mol. The zero-order valence-electron chi connectivity index (χ0n) is 18.3. The zero-order chi connectivity index (χ0) is 22.9. The molecular weight excluding hydrogens is 410 g/mol. The van der Waals surface area contributed by atoms with Crippen molar-refractivity contribution >= 4 is 11.7 Å². The normalized spacial score (nSPS) is 10.6. The Morgan fingerprint density at radius 2 is 1.91 bits per heavy atom. The van der Waals surface area contributed by atoms with Gasteiger partial charge in [-0.15, -0.1) is 0 Å². The Bertz CT molecular complexity index is 1080. The van der Waals surface area contributed by atoms with Crippen molar-refractivity contribution in [1.29, 1.82) is 0 Å². The van der Waals surface area contributed by atoms with Crippen LogP contribution in [0.2, 0.25) is 0 Å². The molecule has 0 atom stereocenters. The molecule has 0 amide bonds. The average Bonchev–Trinajstić information content (AvgIpc) is 3.27. The summed E-state index contributed by atoms with van der Waals surface area (Å²) in [5, 5.41) is 4.04. The molecule has 0 spiro atoms. The van der Waals surface area contributed by atoms with Crippen molar-refractivity contribution in [2.24, 2.45) is 0 Å². The molecule has 3 rings (SSSR count). The first-order chi connectivity index (χ1) is 15.5. The lowest BCUT2D eigenvalue weighted by atomic mass is 10.1. The van der Waals surface area contributed by atoms with E-state index in [-0.39, 0.29) is 12.1 Å². The van der Waals surface area contributed by atoms with Crippen LogP contribution in [0.4, 0.5) is 5.69 Å². The molecule has 1 aromatic heterocycles. The highest BCUT2D eigenvalue weighted by molar-refractivity contribution is 5.69. The molecule has 3 aromatic rings. The van der Waals surface area contributed by atoms with Gasteiger partial charge in [0.2, 0.25) is 11.5 Å². The van der Waals surface area contributed by atoms with Crippen LogP contribution in [0.1, 0.15) is 33.6 Å². The highest BCUT2D eigenvalue weighted by Gasteiger charge is 2.14. The molecule has 0 unspecified atom stereocenters. The Morgan fingerprint density at radius 3 is 2.59 bits per heavy atom. The van der Waals surface area contributed by atoms with Gasteiger partial charge in [-0.05, 0) is 69.7 Å². The van der Waals surface area contributed by atoms with Gasteiger partial charge >= 0.3 is 5.97 Å². The Labute approximate surface area is 186 Å². The van der Waals surface area contributed by atoms with Crippen LogP contribution >= 0.6 is 0 Å². The molecule has 2 aromatic carbocycles. The minimum absolute atomic E-state index is 0.0270. The van der Waals surface area contributed by atoms with Crippen LogP contribution < -0.4 is 9.47 Å². The highest BCUT2D eigenvalue weighted by Crippen LogP contribution is 2.33. The minimum atomic E-state index is -0.218. The van der Waals surface area contributed by atoms with Crippen LogP contribution in [0.3, 0.4) is 0 Å². The van der Waals surface area contributed by atoms with Gasteiger partial charge in [-0.3, -0.25) is 4.79 Å². The number of nitrogens with zero attached hydrogens (tertiary/aromatic N) is 3. The molecule has 166 valence electrons. The molecule has 0 radical (unpaired) electrons. The van der Waals surface area contributed by atoms with E-state index >= 15 is 0 Å². The second kappa shape index (κ2) is 11.0. The Hall–Kier alpha value is -3.86. The highest BCUT2D eigenvalue weighted by atomic mass is 16.5. The molecule has 32 heavy (non-hydrogen) atoms. The summed E-state index contributed by atoms with van der Waals surface area (Å²) < 4.78 is 21.6. The van der Waals surface area contributed by atoms with E-state index in [1.165, 1.54) is 0 Å². The molecular formula is C24H25N3O5. The molecule has 0 aliphatic heterocycles. The Kier molecular flexibility index (Phi) is 7.81. The smallest absolute Gasteiger partial charge is 0.305 e. The van der Waals surface area contributed by atoms with E-state index < -0.39 is 0 Å². The van der Waals surface area contributed by atoms with E-state index in [2.05, 4.69) is 15.0 Å². The van der Waals surface area contributed by atoms with Crippen LogP contribution in [0.15, 0.2) is 47.0 Å². The molecule has 8 nitrogen and oxygen atoms in total. The van der Waals surface area contributed by atoms with Gasteiger partial charge in [-0.2, -0.15) is 4.98 Å². The molecule has 1 heterocycles. The van der Waals surface area contributed by atoms with Crippen LogP contribution in [-0.2, 0) is 9.53 Å². The summed E-state index contributed by atoms with van der Waals surface area (Å²) in [6.45, 7) is 13.8. The Balaban J connectivity index is 1.63. The van der Waals surface area contributed by atoms with Gasteiger partial charge in [-0.25, -0.2) is 4.85 Å². The van der Waals surface area contributed by atoms with Gasteiger partial charge in [0.25, 0.3) is 5.89 Å². The topological polar surface area (TPSA) is 88.0 Å². The van der Waals surface area contributed by atoms with Gasteiger partial charge in [0, 0.05) is 17.5 Å². The third kappa shape index (κ3) is 6.08. The number of ether oxygens (including phenoxy) is 3. The SMILES string of the molecule is [C-]#[N+]c1cc(-c2nc(-c3ccc(OCCCC(=O)OCC)cc3)no2)ccc1OC(C)C. The number of carbonyl (C=O) groups is 1. The number of hydrogen-bond acceptors (Lipinski definition) is 7. The molecule has 0 aliphatic carbocycles. The quantitative estimate of drug-likeness (QED) is 0.237. The van der Waals surface area contributed by atoms with Crippen molar-refractivity contribution in [1.82, 2.24) is 10.1 Å². The summed E-state index contributed by atoms with van der Waals surface area (Å²) in [6, 6.07) is 12.5. The number of hydrogen-bond donors (Lipinski definition) is 0. The van der Waals surface area contributed by atoms with E-state index in [0.717, 1.165) is 5.56 Å². The summed E-state index contributed by atoms with van der Waals surface area (Å²) in [4.78, 5) is 19.3. The van der Waals surface area contributed by atoms with Crippen LogP contribution in [0.25, 0.3) is 27.7 Å². The zero-order valence-corrected chi connectivity index (χ0v) is 18.3. The largest absolute Gasteiger partial charge is 0.502 e. The van der Waals surface area contributed by atoms with E-state index in [1.54, 1.807) is 25.1 Å². The van der Waals surface area contributed by atoms with E-state index in [4.69, 9.17) is 25.3 Å². The van der Waals surface area contributed by atoms with Crippen molar-refractivity contribution < 1.29 is 23.5 Å². The maximum absolute atomic E-state index is 11.3. The van der Waals surface area contributed by atoms with Gasteiger partial charge in [0.1, 0.15) is 11.5 Å². The van der Waals surface area contributed by atoms with Crippen molar-refractivity contribution in [3.63, 3.8) is 0 Å². The molecule has 8 heteroatoms. The number of benzene rings is 2. The van der Waals surface area contributed by atoms with Crippen LogP contribution in [0.5, 0.6) is 11.5 Å². The van der Waals surface area contributed by atoms with Gasteiger partial charge in [0.05, 0.1) is 25.9 Å². The molecule has 0 saturated carbocycles. The summed E-state index contributed by atoms with van der Waals surface area (Å²) in [5.74, 6) is 1.74. The first-order valence-electron chi connectivity index (χ1n) is 10.4. The van der Waals surface area contributed by atoms with Crippen molar-refractivity contribution in [2.45, 2.75) is 39.7 Å². The van der Waals surface area contributed by atoms with Crippen molar-refractivity contribution in [3.8, 4) is 34.3 Å². The molecule has 0 N–H and O–H groups in total. The standard InChI is InChI=1S/C24H25N3O5/c1-5-29-22(28)7-6-14-30-19-11-8-17(9-12-19)23-26-24(32-27-23)18-10-13-21(31-16(2)3)20(15-18)25-4/h8-13,15-16H,5-7,14H2,1-3H3. The summed E-state index contributed by atoms with van der Waals surface area (Å²) in [5.41, 5.74) is 1.80. The number of aromatic nitrogens is 2.